The van der Waals surface area contributed by atoms with E-state index in [0.29, 0.717) is 6.54 Å². The molecule has 0 radical (unpaired) electrons. The number of furan rings is 1. The Labute approximate surface area is 122 Å². The normalized spacial score (nSPS) is 12.9. The van der Waals surface area contributed by atoms with Gasteiger partial charge in [0.2, 0.25) is 0 Å². The number of halogens is 1. The van der Waals surface area contributed by atoms with Crippen LogP contribution in [-0.4, -0.2) is 18.5 Å². The molecule has 1 atom stereocenters. The van der Waals surface area contributed by atoms with Crippen LogP contribution in [0.3, 0.4) is 0 Å². The van der Waals surface area contributed by atoms with Crippen molar-refractivity contribution in [2.45, 2.75) is 19.5 Å². The molecule has 1 aromatic carbocycles. The molecular formula is C15H19BrN2O. The summed E-state index contributed by atoms with van der Waals surface area (Å²) in [5, 5.41) is 0. The lowest BCUT2D eigenvalue weighted by molar-refractivity contribution is 0.221. The summed E-state index contributed by atoms with van der Waals surface area (Å²) in [7, 11) is 2.07. The highest BCUT2D eigenvalue weighted by Crippen LogP contribution is 2.22. The minimum atomic E-state index is 0.193. The molecule has 2 rings (SSSR count). The van der Waals surface area contributed by atoms with Crippen LogP contribution in [0.4, 0.5) is 0 Å². The van der Waals surface area contributed by atoms with Gasteiger partial charge in [-0.3, -0.25) is 4.90 Å². The van der Waals surface area contributed by atoms with Gasteiger partial charge in [-0.25, -0.2) is 0 Å². The Kier molecular flexibility index (Phi) is 4.80. The van der Waals surface area contributed by atoms with Crippen LogP contribution in [0.2, 0.25) is 0 Å². The number of nitrogens with zero attached hydrogens (tertiary/aromatic N) is 1. The number of hydrogen-bond donors (Lipinski definition) is 1. The topological polar surface area (TPSA) is 42.4 Å². The Hall–Kier alpha value is -1.10. The molecule has 1 unspecified atom stereocenters. The van der Waals surface area contributed by atoms with Crippen molar-refractivity contribution in [1.82, 2.24) is 4.90 Å². The van der Waals surface area contributed by atoms with Crippen molar-refractivity contribution in [2.24, 2.45) is 5.73 Å². The van der Waals surface area contributed by atoms with Crippen molar-refractivity contribution in [1.29, 1.82) is 0 Å². The van der Waals surface area contributed by atoms with Crippen LogP contribution in [0, 0.1) is 6.92 Å². The summed E-state index contributed by atoms with van der Waals surface area (Å²) in [6.45, 7) is 3.29. The maximum absolute atomic E-state index is 5.92. The van der Waals surface area contributed by atoms with Crippen LogP contribution in [0.25, 0.3) is 0 Å². The monoisotopic (exact) mass is 322 g/mol. The van der Waals surface area contributed by atoms with Crippen LogP contribution >= 0.6 is 15.9 Å². The van der Waals surface area contributed by atoms with Gasteiger partial charge < -0.3 is 10.2 Å². The van der Waals surface area contributed by atoms with Gasteiger partial charge in [-0.05, 0) is 43.8 Å². The first-order chi connectivity index (χ1) is 9.10. The third kappa shape index (κ3) is 3.69. The molecule has 1 heterocycles. The van der Waals surface area contributed by atoms with Gasteiger partial charge in [0.15, 0.2) is 0 Å². The quantitative estimate of drug-likeness (QED) is 0.916. The lowest BCUT2D eigenvalue weighted by atomic mass is 10.1. The molecule has 0 saturated carbocycles. The fraction of sp³-hybridized carbons (Fsp3) is 0.333. The number of nitrogens with two attached hydrogens (primary N) is 1. The Morgan fingerprint density at radius 1 is 1.21 bits per heavy atom. The van der Waals surface area contributed by atoms with E-state index in [2.05, 4.69) is 40.0 Å². The summed E-state index contributed by atoms with van der Waals surface area (Å²) in [5.41, 5.74) is 7.14. The van der Waals surface area contributed by atoms with Crippen molar-refractivity contribution in [3.05, 3.63) is 58.0 Å². The zero-order chi connectivity index (χ0) is 13.8. The molecule has 3 nitrogen and oxygen atoms in total. The average Bonchev–Trinajstić information content (AvgIpc) is 2.78. The average molecular weight is 323 g/mol. The van der Waals surface area contributed by atoms with E-state index in [0.717, 1.165) is 22.5 Å². The molecule has 2 N–H and O–H groups in total. The maximum atomic E-state index is 5.92. The molecule has 19 heavy (non-hydrogen) atoms. The zero-order valence-corrected chi connectivity index (χ0v) is 12.9. The van der Waals surface area contributed by atoms with Crippen molar-refractivity contribution < 1.29 is 4.42 Å². The van der Waals surface area contributed by atoms with Gasteiger partial charge in [0.1, 0.15) is 11.5 Å². The molecule has 0 aliphatic rings. The lowest BCUT2D eigenvalue weighted by Gasteiger charge is -2.26. The number of rotatable bonds is 5. The molecule has 0 amide bonds. The summed E-state index contributed by atoms with van der Waals surface area (Å²) in [6, 6.07) is 12.5. The van der Waals surface area contributed by atoms with Gasteiger partial charge in [-0.2, -0.15) is 0 Å². The van der Waals surface area contributed by atoms with E-state index >= 15 is 0 Å². The van der Waals surface area contributed by atoms with Crippen LogP contribution in [0.5, 0.6) is 0 Å². The maximum Gasteiger partial charge on any atom is 0.118 e. The van der Waals surface area contributed by atoms with E-state index in [1.807, 2.05) is 31.2 Å². The van der Waals surface area contributed by atoms with E-state index in [4.69, 9.17) is 10.2 Å². The summed E-state index contributed by atoms with van der Waals surface area (Å²) < 4.78 is 6.69. The van der Waals surface area contributed by atoms with E-state index in [1.54, 1.807) is 0 Å². The molecule has 0 spiro atoms. The van der Waals surface area contributed by atoms with Gasteiger partial charge >= 0.3 is 0 Å². The summed E-state index contributed by atoms with van der Waals surface area (Å²) >= 11 is 3.45. The first-order valence-electron chi connectivity index (χ1n) is 6.31. The molecular weight excluding hydrogens is 304 g/mol. The van der Waals surface area contributed by atoms with Gasteiger partial charge in [0.05, 0.1) is 6.54 Å². The van der Waals surface area contributed by atoms with E-state index in [9.17, 15) is 0 Å². The Morgan fingerprint density at radius 2 is 1.89 bits per heavy atom. The molecule has 0 fully saturated rings. The second-order valence-corrected chi connectivity index (χ2v) is 5.65. The molecule has 2 aromatic rings. The van der Waals surface area contributed by atoms with E-state index in [-0.39, 0.29) is 6.04 Å². The number of aryl methyl sites for hydroxylation is 1. The van der Waals surface area contributed by atoms with Crippen LogP contribution < -0.4 is 5.73 Å². The standard InChI is InChI=1S/C15H19BrN2O/c1-11-3-8-14(19-11)10-18(2)15(9-17)12-4-6-13(16)7-5-12/h3-8,15H,9-10,17H2,1-2H3. The minimum absolute atomic E-state index is 0.193. The third-order valence-corrected chi connectivity index (χ3v) is 3.74. The van der Waals surface area contributed by atoms with E-state index in [1.165, 1.54) is 5.56 Å². The molecule has 0 saturated heterocycles. The van der Waals surface area contributed by atoms with Gasteiger partial charge in [-0.15, -0.1) is 0 Å². The fourth-order valence-corrected chi connectivity index (χ4v) is 2.45. The molecule has 102 valence electrons. The van der Waals surface area contributed by atoms with Crippen molar-refractivity contribution >= 4 is 15.9 Å². The van der Waals surface area contributed by atoms with Crippen LogP contribution in [0.15, 0.2) is 45.3 Å². The second kappa shape index (κ2) is 6.37. The minimum Gasteiger partial charge on any atom is -0.465 e. The Morgan fingerprint density at radius 3 is 2.42 bits per heavy atom. The van der Waals surface area contributed by atoms with E-state index < -0.39 is 0 Å². The molecule has 0 bridgehead atoms. The van der Waals surface area contributed by atoms with Gasteiger partial charge in [-0.1, -0.05) is 28.1 Å². The van der Waals surface area contributed by atoms with Crippen molar-refractivity contribution in [3.63, 3.8) is 0 Å². The van der Waals surface area contributed by atoms with Crippen molar-refractivity contribution in [2.75, 3.05) is 13.6 Å². The van der Waals surface area contributed by atoms with Gasteiger partial charge in [0.25, 0.3) is 0 Å². The highest BCUT2D eigenvalue weighted by atomic mass is 79.9. The molecule has 4 heteroatoms. The summed E-state index contributed by atoms with van der Waals surface area (Å²) in [5.74, 6) is 1.91. The molecule has 0 aliphatic heterocycles. The predicted octanol–water partition coefficient (Wildman–Crippen LogP) is 3.48. The molecule has 1 aromatic heterocycles. The second-order valence-electron chi connectivity index (χ2n) is 4.73. The van der Waals surface area contributed by atoms with Crippen molar-refractivity contribution in [3.8, 4) is 0 Å². The van der Waals surface area contributed by atoms with Gasteiger partial charge in [0, 0.05) is 17.1 Å². The smallest absolute Gasteiger partial charge is 0.118 e. The Balaban J connectivity index is 2.10. The first-order valence-corrected chi connectivity index (χ1v) is 7.10. The highest BCUT2D eigenvalue weighted by molar-refractivity contribution is 9.10. The number of benzene rings is 1. The predicted molar refractivity (Wildman–Crippen MR) is 80.8 cm³/mol. The Bertz CT molecular complexity index is 521. The summed E-state index contributed by atoms with van der Waals surface area (Å²) in [6.07, 6.45) is 0. The fourth-order valence-electron chi connectivity index (χ4n) is 2.18. The van der Waals surface area contributed by atoms with Crippen LogP contribution in [0.1, 0.15) is 23.1 Å². The SMILES string of the molecule is Cc1ccc(CN(C)C(CN)c2ccc(Br)cc2)o1. The third-order valence-electron chi connectivity index (χ3n) is 3.21. The summed E-state index contributed by atoms with van der Waals surface area (Å²) in [4.78, 5) is 2.21. The first kappa shape index (κ1) is 14.3. The van der Waals surface area contributed by atoms with Crippen LogP contribution in [-0.2, 0) is 6.54 Å². The largest absolute Gasteiger partial charge is 0.465 e. The molecule has 0 aliphatic carbocycles. The number of hydrogen-bond acceptors (Lipinski definition) is 3. The number of likely N-dealkylation sites (N-methyl/N-ethyl adjacent to an activating group) is 1. The highest BCUT2D eigenvalue weighted by Gasteiger charge is 2.16. The zero-order valence-electron chi connectivity index (χ0n) is 11.3. The lowest BCUT2D eigenvalue weighted by Crippen LogP contribution is -2.30.